The van der Waals surface area contributed by atoms with Gasteiger partial charge in [-0.1, -0.05) is 26.0 Å². The van der Waals surface area contributed by atoms with Crippen molar-refractivity contribution in [2.24, 2.45) is 0 Å². The third-order valence-corrected chi connectivity index (χ3v) is 4.98. The molecule has 1 aromatic heterocycles. The maximum atomic E-state index is 12.5. The average molecular weight is 340 g/mol. The summed E-state index contributed by atoms with van der Waals surface area (Å²) in [4.78, 5) is 12.5. The molecule has 4 rings (SSSR count). The lowest BCUT2D eigenvalue weighted by Crippen LogP contribution is -2.42. The Morgan fingerprint density at radius 3 is 3.08 bits per heavy atom. The quantitative estimate of drug-likeness (QED) is 0.924. The third-order valence-electron chi connectivity index (χ3n) is 4.98. The second-order valence-electron chi connectivity index (χ2n) is 7.26. The number of nitrogens with one attached hydrogen (secondary N) is 1. The van der Waals surface area contributed by atoms with E-state index in [1.807, 2.05) is 12.1 Å². The Balaban J connectivity index is 1.39. The van der Waals surface area contributed by atoms with Crippen LogP contribution in [0.4, 0.5) is 0 Å². The molecule has 132 valence electrons. The van der Waals surface area contributed by atoms with Gasteiger partial charge < -0.3 is 14.6 Å². The average Bonchev–Trinajstić information content (AvgIpc) is 3.20. The summed E-state index contributed by atoms with van der Waals surface area (Å²) in [7, 11) is 0. The van der Waals surface area contributed by atoms with Crippen LogP contribution in [0.2, 0.25) is 0 Å². The SMILES string of the molecule is CC(C)c1nnc2n1C[C@H](NC(=O)Cc1ccc3c(c1)CCO3)CC2. The standard InChI is InChI=1S/C19H24N4O2/c1-12(2)19-22-21-17-6-4-15(11-23(17)19)20-18(24)10-13-3-5-16-14(9-13)7-8-25-16/h3,5,9,12,15H,4,6-8,10-11H2,1-2H3,(H,20,24)/t15-/m1/s1. The molecule has 25 heavy (non-hydrogen) atoms. The van der Waals surface area contributed by atoms with E-state index in [1.54, 1.807) is 0 Å². The first-order valence-corrected chi connectivity index (χ1v) is 9.06. The van der Waals surface area contributed by atoms with Crippen molar-refractivity contribution < 1.29 is 9.53 Å². The number of aromatic nitrogens is 3. The van der Waals surface area contributed by atoms with Gasteiger partial charge >= 0.3 is 0 Å². The lowest BCUT2D eigenvalue weighted by Gasteiger charge is -2.26. The largest absolute Gasteiger partial charge is 0.493 e. The monoisotopic (exact) mass is 340 g/mol. The van der Waals surface area contributed by atoms with E-state index < -0.39 is 0 Å². The van der Waals surface area contributed by atoms with Crippen LogP contribution >= 0.6 is 0 Å². The number of amides is 1. The molecule has 6 heteroatoms. The lowest BCUT2D eigenvalue weighted by molar-refractivity contribution is -0.121. The molecule has 0 radical (unpaired) electrons. The molecule has 6 nitrogen and oxygen atoms in total. The van der Waals surface area contributed by atoms with Crippen molar-refractivity contribution in [2.45, 2.75) is 58.0 Å². The number of nitrogens with zero attached hydrogens (tertiary/aromatic N) is 3. The summed E-state index contributed by atoms with van der Waals surface area (Å²) >= 11 is 0. The molecule has 1 aromatic carbocycles. The Morgan fingerprint density at radius 1 is 1.36 bits per heavy atom. The van der Waals surface area contributed by atoms with Crippen LogP contribution in [-0.4, -0.2) is 33.3 Å². The van der Waals surface area contributed by atoms with Crippen molar-refractivity contribution >= 4 is 5.91 Å². The molecule has 0 aliphatic carbocycles. The van der Waals surface area contributed by atoms with Crippen LogP contribution in [0, 0.1) is 0 Å². The molecule has 0 saturated heterocycles. The van der Waals surface area contributed by atoms with Crippen molar-refractivity contribution in [1.29, 1.82) is 0 Å². The van der Waals surface area contributed by atoms with Crippen molar-refractivity contribution in [3.8, 4) is 5.75 Å². The summed E-state index contributed by atoms with van der Waals surface area (Å²) in [5.74, 6) is 3.41. The minimum atomic E-state index is 0.0755. The number of hydrogen-bond donors (Lipinski definition) is 1. The summed E-state index contributed by atoms with van der Waals surface area (Å²) in [6, 6.07) is 6.20. The smallest absolute Gasteiger partial charge is 0.224 e. The predicted molar refractivity (Wildman–Crippen MR) is 93.7 cm³/mol. The van der Waals surface area contributed by atoms with E-state index in [1.165, 1.54) is 5.56 Å². The van der Waals surface area contributed by atoms with Crippen molar-refractivity contribution in [2.75, 3.05) is 6.61 Å². The van der Waals surface area contributed by atoms with E-state index >= 15 is 0 Å². The molecule has 1 N–H and O–H groups in total. The van der Waals surface area contributed by atoms with Gasteiger partial charge in [0.15, 0.2) is 0 Å². The van der Waals surface area contributed by atoms with Crippen LogP contribution < -0.4 is 10.1 Å². The number of hydrogen-bond acceptors (Lipinski definition) is 4. The third kappa shape index (κ3) is 3.25. The van der Waals surface area contributed by atoms with Crippen LogP contribution in [0.25, 0.3) is 0 Å². The Morgan fingerprint density at radius 2 is 2.24 bits per heavy atom. The molecule has 1 atom stereocenters. The molecule has 0 spiro atoms. The number of ether oxygens (including phenoxy) is 1. The molecule has 2 aliphatic heterocycles. The molecule has 0 unspecified atom stereocenters. The fraction of sp³-hybridized carbons (Fsp3) is 0.526. The van der Waals surface area contributed by atoms with E-state index in [0.29, 0.717) is 12.3 Å². The number of carbonyl (C=O) groups is 1. The first-order valence-electron chi connectivity index (χ1n) is 9.06. The Labute approximate surface area is 147 Å². The second-order valence-corrected chi connectivity index (χ2v) is 7.26. The summed E-state index contributed by atoms with van der Waals surface area (Å²) in [6.45, 7) is 5.75. The van der Waals surface area contributed by atoms with Gasteiger partial charge in [0, 0.05) is 31.3 Å². The minimum absolute atomic E-state index is 0.0755. The van der Waals surface area contributed by atoms with Gasteiger partial charge in [0.1, 0.15) is 17.4 Å². The summed E-state index contributed by atoms with van der Waals surface area (Å²) in [6.07, 6.45) is 3.12. The topological polar surface area (TPSA) is 69.0 Å². The summed E-state index contributed by atoms with van der Waals surface area (Å²) < 4.78 is 7.69. The van der Waals surface area contributed by atoms with Gasteiger partial charge in [0.2, 0.25) is 5.91 Å². The molecule has 3 heterocycles. The zero-order valence-corrected chi connectivity index (χ0v) is 14.8. The normalized spacial score (nSPS) is 18.6. The maximum Gasteiger partial charge on any atom is 0.224 e. The van der Waals surface area contributed by atoms with Crippen molar-refractivity contribution in [3.63, 3.8) is 0 Å². The highest BCUT2D eigenvalue weighted by Gasteiger charge is 2.25. The lowest BCUT2D eigenvalue weighted by atomic mass is 10.0. The van der Waals surface area contributed by atoms with E-state index in [9.17, 15) is 4.79 Å². The van der Waals surface area contributed by atoms with Crippen molar-refractivity contribution in [1.82, 2.24) is 20.1 Å². The van der Waals surface area contributed by atoms with Gasteiger partial charge in [-0.15, -0.1) is 10.2 Å². The molecule has 0 bridgehead atoms. The van der Waals surface area contributed by atoms with Crippen LogP contribution in [-0.2, 0) is 30.6 Å². The zero-order valence-electron chi connectivity index (χ0n) is 14.8. The van der Waals surface area contributed by atoms with E-state index in [-0.39, 0.29) is 11.9 Å². The van der Waals surface area contributed by atoms with Gasteiger partial charge in [0.05, 0.1) is 13.0 Å². The van der Waals surface area contributed by atoms with Crippen LogP contribution in [0.15, 0.2) is 18.2 Å². The molecule has 0 fully saturated rings. The zero-order chi connectivity index (χ0) is 17.4. The highest BCUT2D eigenvalue weighted by atomic mass is 16.5. The second kappa shape index (κ2) is 6.50. The number of rotatable bonds is 4. The van der Waals surface area contributed by atoms with E-state index in [2.05, 4.69) is 40.0 Å². The van der Waals surface area contributed by atoms with Gasteiger partial charge in [0.25, 0.3) is 0 Å². The van der Waals surface area contributed by atoms with Gasteiger partial charge in [-0.25, -0.2) is 0 Å². The van der Waals surface area contributed by atoms with Gasteiger partial charge in [-0.3, -0.25) is 4.79 Å². The molecule has 2 aromatic rings. The summed E-state index contributed by atoms with van der Waals surface area (Å²) in [5, 5.41) is 11.8. The van der Waals surface area contributed by atoms with E-state index in [0.717, 1.165) is 55.4 Å². The number of aryl methyl sites for hydroxylation is 1. The van der Waals surface area contributed by atoms with Gasteiger partial charge in [-0.2, -0.15) is 0 Å². The molecule has 0 saturated carbocycles. The number of carbonyl (C=O) groups excluding carboxylic acids is 1. The molecule has 2 aliphatic rings. The number of benzene rings is 1. The Hall–Kier alpha value is -2.37. The van der Waals surface area contributed by atoms with Crippen molar-refractivity contribution in [3.05, 3.63) is 41.0 Å². The fourth-order valence-electron chi connectivity index (χ4n) is 3.71. The first kappa shape index (κ1) is 16.1. The Bertz CT molecular complexity index is 797. The minimum Gasteiger partial charge on any atom is -0.493 e. The highest BCUT2D eigenvalue weighted by molar-refractivity contribution is 5.79. The molecular weight excluding hydrogens is 316 g/mol. The summed E-state index contributed by atoms with van der Waals surface area (Å²) in [5.41, 5.74) is 2.25. The first-order chi connectivity index (χ1) is 12.1. The Kier molecular flexibility index (Phi) is 4.19. The van der Waals surface area contributed by atoms with Crippen LogP contribution in [0.1, 0.15) is 49.0 Å². The fourth-order valence-corrected chi connectivity index (χ4v) is 3.71. The molecular formula is C19H24N4O2. The number of fused-ring (bicyclic) bond motifs is 2. The van der Waals surface area contributed by atoms with Crippen LogP contribution in [0.3, 0.4) is 0 Å². The highest BCUT2D eigenvalue weighted by Crippen LogP contribution is 2.26. The van der Waals surface area contributed by atoms with Crippen LogP contribution in [0.5, 0.6) is 5.75 Å². The maximum absolute atomic E-state index is 12.5. The van der Waals surface area contributed by atoms with Gasteiger partial charge in [-0.05, 0) is 23.6 Å². The predicted octanol–water partition coefficient (Wildman–Crippen LogP) is 2.01. The molecule has 1 amide bonds. The van der Waals surface area contributed by atoms with E-state index in [4.69, 9.17) is 4.74 Å².